The molecule has 1 aromatic rings. The Morgan fingerprint density at radius 3 is 2.47 bits per heavy atom. The van der Waals surface area contributed by atoms with Crippen molar-refractivity contribution in [1.29, 1.82) is 0 Å². The van der Waals surface area contributed by atoms with Crippen LogP contribution in [0.4, 0.5) is 11.4 Å². The third-order valence-electron chi connectivity index (χ3n) is 3.04. The first-order chi connectivity index (χ1) is 9.22. The molecule has 0 heterocycles. The van der Waals surface area contributed by atoms with Gasteiger partial charge in [0.05, 0.1) is 0 Å². The summed E-state index contributed by atoms with van der Waals surface area (Å²) in [6.45, 7) is 4.76. The van der Waals surface area contributed by atoms with Crippen molar-refractivity contribution >= 4 is 17.3 Å². The molecule has 0 fully saturated rings. The Hall–Kier alpha value is -1.51. The average Bonchev–Trinajstić information content (AvgIpc) is 2.37. The second-order valence-electron chi connectivity index (χ2n) is 4.96. The highest BCUT2D eigenvalue weighted by Gasteiger charge is 1.97. The monoisotopic (exact) mass is 262 g/mol. The van der Waals surface area contributed by atoms with Crippen LogP contribution in [0.25, 0.3) is 0 Å². The fourth-order valence-corrected chi connectivity index (χ4v) is 2.05. The standard InChI is InChI=1S/C16H26N2O/c1-3-4-5-6-7-8-12-17-15-10-9-11-16(13-15)18-14(2)19/h9-11,13,17H,3-8,12H2,1-2H3,(H,18,19). The van der Waals surface area contributed by atoms with E-state index in [1.165, 1.54) is 45.4 Å². The van der Waals surface area contributed by atoms with Crippen LogP contribution in [-0.4, -0.2) is 12.5 Å². The summed E-state index contributed by atoms with van der Waals surface area (Å²) in [5.74, 6) is -0.0342. The molecule has 0 spiro atoms. The molecule has 0 aliphatic carbocycles. The Kier molecular flexibility index (Phi) is 7.71. The largest absolute Gasteiger partial charge is 0.385 e. The van der Waals surface area contributed by atoms with E-state index in [1.54, 1.807) is 0 Å². The normalized spacial score (nSPS) is 10.2. The molecule has 0 saturated carbocycles. The SMILES string of the molecule is CCCCCCCCNc1cccc(NC(C)=O)c1. The van der Waals surface area contributed by atoms with Crippen LogP contribution >= 0.6 is 0 Å². The zero-order chi connectivity index (χ0) is 13.9. The molecule has 0 aliphatic heterocycles. The summed E-state index contributed by atoms with van der Waals surface area (Å²) in [7, 11) is 0. The fourth-order valence-electron chi connectivity index (χ4n) is 2.05. The fraction of sp³-hybridized carbons (Fsp3) is 0.562. The van der Waals surface area contributed by atoms with E-state index < -0.39 is 0 Å². The molecule has 1 rings (SSSR count). The molecule has 2 N–H and O–H groups in total. The molecule has 0 saturated heterocycles. The number of unbranched alkanes of at least 4 members (excludes halogenated alkanes) is 5. The van der Waals surface area contributed by atoms with Crippen LogP contribution in [0.3, 0.4) is 0 Å². The Morgan fingerprint density at radius 2 is 1.74 bits per heavy atom. The van der Waals surface area contributed by atoms with Crippen molar-refractivity contribution in [1.82, 2.24) is 0 Å². The summed E-state index contributed by atoms with van der Waals surface area (Å²) in [6, 6.07) is 7.85. The second kappa shape index (κ2) is 9.42. The van der Waals surface area contributed by atoms with Crippen LogP contribution in [-0.2, 0) is 4.79 Å². The minimum atomic E-state index is -0.0342. The van der Waals surface area contributed by atoms with Gasteiger partial charge in [0.15, 0.2) is 0 Å². The number of benzene rings is 1. The van der Waals surface area contributed by atoms with E-state index in [0.29, 0.717) is 0 Å². The molecule has 3 heteroatoms. The van der Waals surface area contributed by atoms with Gasteiger partial charge in [-0.25, -0.2) is 0 Å². The number of rotatable bonds is 9. The lowest BCUT2D eigenvalue weighted by molar-refractivity contribution is -0.114. The molecule has 1 amide bonds. The molecule has 0 atom stereocenters. The number of carbonyl (C=O) groups excluding carboxylic acids is 1. The molecular weight excluding hydrogens is 236 g/mol. The van der Waals surface area contributed by atoms with Gasteiger partial charge in [0.1, 0.15) is 0 Å². The van der Waals surface area contributed by atoms with E-state index in [4.69, 9.17) is 0 Å². The predicted octanol–water partition coefficient (Wildman–Crippen LogP) is 4.42. The van der Waals surface area contributed by atoms with E-state index in [-0.39, 0.29) is 5.91 Å². The van der Waals surface area contributed by atoms with Gasteiger partial charge < -0.3 is 10.6 Å². The first kappa shape index (κ1) is 15.5. The van der Waals surface area contributed by atoms with E-state index in [0.717, 1.165) is 17.9 Å². The number of carbonyl (C=O) groups is 1. The maximum absolute atomic E-state index is 11.0. The van der Waals surface area contributed by atoms with Crippen molar-refractivity contribution in [2.24, 2.45) is 0 Å². The topological polar surface area (TPSA) is 41.1 Å². The van der Waals surface area contributed by atoms with Gasteiger partial charge in [-0.1, -0.05) is 45.1 Å². The van der Waals surface area contributed by atoms with Crippen molar-refractivity contribution < 1.29 is 4.79 Å². The summed E-state index contributed by atoms with van der Waals surface area (Å²) in [6.07, 6.45) is 7.84. The van der Waals surface area contributed by atoms with Crippen LogP contribution in [0.5, 0.6) is 0 Å². The first-order valence-electron chi connectivity index (χ1n) is 7.34. The number of anilines is 2. The highest BCUT2D eigenvalue weighted by atomic mass is 16.1. The van der Waals surface area contributed by atoms with Gasteiger partial charge in [-0.2, -0.15) is 0 Å². The molecule has 0 radical (unpaired) electrons. The molecular formula is C16H26N2O. The predicted molar refractivity (Wildman–Crippen MR) is 82.6 cm³/mol. The van der Waals surface area contributed by atoms with Gasteiger partial charge in [0.2, 0.25) is 5.91 Å². The maximum atomic E-state index is 11.0. The molecule has 3 nitrogen and oxygen atoms in total. The molecule has 0 aliphatic rings. The second-order valence-corrected chi connectivity index (χ2v) is 4.96. The lowest BCUT2D eigenvalue weighted by Crippen LogP contribution is -2.06. The van der Waals surface area contributed by atoms with Gasteiger partial charge in [-0.05, 0) is 24.6 Å². The Morgan fingerprint density at radius 1 is 1.05 bits per heavy atom. The third kappa shape index (κ3) is 7.50. The van der Waals surface area contributed by atoms with Crippen molar-refractivity contribution in [2.75, 3.05) is 17.2 Å². The molecule has 106 valence electrons. The Balaban J connectivity index is 2.20. The van der Waals surface area contributed by atoms with Crippen LogP contribution in [0.2, 0.25) is 0 Å². The van der Waals surface area contributed by atoms with Gasteiger partial charge in [-0.3, -0.25) is 4.79 Å². The van der Waals surface area contributed by atoms with Gasteiger partial charge in [-0.15, -0.1) is 0 Å². The smallest absolute Gasteiger partial charge is 0.221 e. The van der Waals surface area contributed by atoms with Gasteiger partial charge in [0.25, 0.3) is 0 Å². The molecule has 19 heavy (non-hydrogen) atoms. The molecule has 1 aromatic carbocycles. The summed E-state index contributed by atoms with van der Waals surface area (Å²) < 4.78 is 0. The van der Waals surface area contributed by atoms with Crippen LogP contribution in [0, 0.1) is 0 Å². The first-order valence-corrected chi connectivity index (χ1v) is 7.34. The average molecular weight is 262 g/mol. The number of amides is 1. The Labute approximate surface area is 116 Å². The highest BCUT2D eigenvalue weighted by molar-refractivity contribution is 5.89. The molecule has 0 unspecified atom stereocenters. The Bertz CT molecular complexity index is 377. The molecule has 0 aromatic heterocycles. The lowest BCUT2D eigenvalue weighted by Gasteiger charge is -2.08. The number of hydrogen-bond acceptors (Lipinski definition) is 2. The zero-order valence-electron chi connectivity index (χ0n) is 12.2. The van der Waals surface area contributed by atoms with Crippen molar-refractivity contribution in [3.63, 3.8) is 0 Å². The maximum Gasteiger partial charge on any atom is 0.221 e. The number of hydrogen-bond donors (Lipinski definition) is 2. The minimum Gasteiger partial charge on any atom is -0.385 e. The molecule has 0 bridgehead atoms. The van der Waals surface area contributed by atoms with Crippen molar-refractivity contribution in [2.45, 2.75) is 52.4 Å². The van der Waals surface area contributed by atoms with E-state index >= 15 is 0 Å². The summed E-state index contributed by atoms with van der Waals surface area (Å²) in [5.41, 5.74) is 1.92. The minimum absolute atomic E-state index is 0.0342. The van der Waals surface area contributed by atoms with E-state index in [1.807, 2.05) is 24.3 Å². The van der Waals surface area contributed by atoms with Crippen molar-refractivity contribution in [3.8, 4) is 0 Å². The van der Waals surface area contributed by atoms with E-state index in [9.17, 15) is 4.79 Å². The quantitative estimate of drug-likeness (QED) is 0.647. The van der Waals surface area contributed by atoms with Crippen molar-refractivity contribution in [3.05, 3.63) is 24.3 Å². The van der Waals surface area contributed by atoms with Gasteiger partial charge >= 0.3 is 0 Å². The van der Waals surface area contributed by atoms with Gasteiger partial charge in [0, 0.05) is 24.8 Å². The summed E-state index contributed by atoms with van der Waals surface area (Å²) in [5, 5.41) is 6.19. The lowest BCUT2D eigenvalue weighted by atomic mass is 10.1. The summed E-state index contributed by atoms with van der Waals surface area (Å²) in [4.78, 5) is 11.0. The van der Waals surface area contributed by atoms with Crippen LogP contribution < -0.4 is 10.6 Å². The van der Waals surface area contributed by atoms with Crippen LogP contribution in [0.15, 0.2) is 24.3 Å². The zero-order valence-corrected chi connectivity index (χ0v) is 12.2. The third-order valence-corrected chi connectivity index (χ3v) is 3.04. The van der Waals surface area contributed by atoms with E-state index in [2.05, 4.69) is 17.6 Å². The number of nitrogens with one attached hydrogen (secondary N) is 2. The summed E-state index contributed by atoms with van der Waals surface area (Å²) >= 11 is 0. The highest BCUT2D eigenvalue weighted by Crippen LogP contribution is 2.15. The van der Waals surface area contributed by atoms with Crippen LogP contribution in [0.1, 0.15) is 52.4 Å².